The van der Waals surface area contributed by atoms with Gasteiger partial charge in [-0.3, -0.25) is 0 Å². The van der Waals surface area contributed by atoms with E-state index in [1.165, 1.54) is 25.7 Å². The Kier molecular flexibility index (Phi) is 6.23. The summed E-state index contributed by atoms with van der Waals surface area (Å²) in [5, 5.41) is 3.06. The number of hydrogen-bond acceptors (Lipinski definition) is 5. The number of hydrogen-bond donors (Lipinski definition) is 1. The fourth-order valence-corrected chi connectivity index (χ4v) is 4.73. The van der Waals surface area contributed by atoms with E-state index in [-0.39, 0.29) is 11.9 Å². The third-order valence-corrected chi connectivity index (χ3v) is 6.55. The number of urea groups is 1. The van der Waals surface area contributed by atoms with Crippen molar-refractivity contribution < 1.29 is 9.21 Å². The van der Waals surface area contributed by atoms with Crippen LogP contribution in [-0.2, 0) is 6.54 Å². The molecule has 168 valence electrons. The second-order valence-electron chi connectivity index (χ2n) is 8.89. The van der Waals surface area contributed by atoms with Crippen LogP contribution >= 0.6 is 0 Å². The largest absolute Gasteiger partial charge is 0.440 e. The summed E-state index contributed by atoms with van der Waals surface area (Å²) < 4.78 is 5.95. The summed E-state index contributed by atoms with van der Waals surface area (Å²) in [6.45, 7) is 4.04. The number of pyridine rings is 1. The van der Waals surface area contributed by atoms with Crippen molar-refractivity contribution >= 4 is 22.9 Å². The summed E-state index contributed by atoms with van der Waals surface area (Å²) in [6, 6.07) is 11.9. The molecule has 7 heteroatoms. The van der Waals surface area contributed by atoms with Crippen LogP contribution in [0.25, 0.3) is 11.1 Å². The van der Waals surface area contributed by atoms with E-state index in [0.29, 0.717) is 13.1 Å². The summed E-state index contributed by atoms with van der Waals surface area (Å²) in [5.74, 6) is 1.91. The minimum absolute atomic E-state index is 0.0394. The molecule has 2 fully saturated rings. The molecule has 0 spiro atoms. The first-order valence-corrected chi connectivity index (χ1v) is 11.8. The van der Waals surface area contributed by atoms with Gasteiger partial charge in [-0.1, -0.05) is 31.0 Å². The van der Waals surface area contributed by atoms with Gasteiger partial charge in [0.05, 0.1) is 5.92 Å². The molecule has 1 unspecified atom stereocenters. The number of nitrogens with zero attached hydrogens (tertiary/aromatic N) is 4. The van der Waals surface area contributed by atoms with Crippen LogP contribution in [0.3, 0.4) is 0 Å². The topological polar surface area (TPSA) is 74.5 Å². The number of fused-ring (bicyclic) bond motifs is 1. The molecule has 1 aromatic carbocycles. The molecule has 7 nitrogen and oxygen atoms in total. The molecule has 0 aliphatic carbocycles. The second kappa shape index (κ2) is 9.59. The van der Waals surface area contributed by atoms with E-state index < -0.39 is 0 Å². The average Bonchev–Trinajstić information content (AvgIpc) is 3.10. The Morgan fingerprint density at radius 2 is 1.88 bits per heavy atom. The van der Waals surface area contributed by atoms with Crippen LogP contribution in [0.4, 0.5) is 10.6 Å². The van der Waals surface area contributed by atoms with Crippen LogP contribution in [0.15, 0.2) is 47.0 Å². The van der Waals surface area contributed by atoms with Crippen molar-refractivity contribution in [3.8, 4) is 0 Å². The third kappa shape index (κ3) is 4.71. The van der Waals surface area contributed by atoms with Crippen LogP contribution in [0, 0.1) is 0 Å². The highest BCUT2D eigenvalue weighted by Crippen LogP contribution is 2.29. The molecular weight excluding hydrogens is 402 g/mol. The number of oxazole rings is 1. The number of carbonyl (C=O) groups is 1. The average molecular weight is 434 g/mol. The Bertz CT molecular complexity index is 1010. The smallest absolute Gasteiger partial charge is 0.317 e. The van der Waals surface area contributed by atoms with Crippen LogP contribution in [0.2, 0.25) is 0 Å². The Hall–Kier alpha value is -3.09. The molecule has 1 N–H and O–H groups in total. The first-order valence-electron chi connectivity index (χ1n) is 11.8. The predicted octanol–water partition coefficient (Wildman–Crippen LogP) is 4.69. The molecule has 0 saturated carbocycles. The van der Waals surface area contributed by atoms with Crippen LogP contribution in [0.1, 0.15) is 55.9 Å². The van der Waals surface area contributed by atoms with E-state index in [9.17, 15) is 4.79 Å². The number of para-hydroxylation sites is 2. The molecule has 2 aliphatic heterocycles. The van der Waals surface area contributed by atoms with Gasteiger partial charge in [0.25, 0.3) is 0 Å². The molecule has 1 atom stereocenters. The molecule has 0 bridgehead atoms. The lowest BCUT2D eigenvalue weighted by molar-refractivity contribution is 0.174. The number of nitrogens with one attached hydrogen (secondary N) is 1. The zero-order valence-corrected chi connectivity index (χ0v) is 18.5. The highest BCUT2D eigenvalue weighted by atomic mass is 16.3. The van der Waals surface area contributed by atoms with Crippen molar-refractivity contribution in [3.63, 3.8) is 0 Å². The number of piperidine rings is 1. The van der Waals surface area contributed by atoms with Gasteiger partial charge in [0.15, 0.2) is 11.5 Å². The maximum Gasteiger partial charge on any atom is 0.317 e. The third-order valence-electron chi connectivity index (χ3n) is 6.55. The van der Waals surface area contributed by atoms with Crippen molar-refractivity contribution in [1.82, 2.24) is 20.2 Å². The van der Waals surface area contributed by atoms with Crippen LogP contribution < -0.4 is 10.2 Å². The van der Waals surface area contributed by atoms with Crippen molar-refractivity contribution in [3.05, 3.63) is 54.0 Å². The lowest BCUT2D eigenvalue weighted by Crippen LogP contribution is -2.44. The Morgan fingerprint density at radius 3 is 2.66 bits per heavy atom. The molecule has 2 aromatic heterocycles. The van der Waals surface area contributed by atoms with E-state index in [0.717, 1.165) is 60.8 Å². The van der Waals surface area contributed by atoms with Crippen LogP contribution in [-0.4, -0.2) is 47.1 Å². The number of amides is 2. The second-order valence-corrected chi connectivity index (χ2v) is 8.89. The number of anilines is 1. The van der Waals surface area contributed by atoms with Gasteiger partial charge in [0.1, 0.15) is 11.3 Å². The molecule has 2 amide bonds. The Morgan fingerprint density at radius 1 is 1.03 bits per heavy atom. The maximum absolute atomic E-state index is 12.8. The molecular formula is C25H31N5O2. The zero-order chi connectivity index (χ0) is 21.8. The molecule has 32 heavy (non-hydrogen) atoms. The Balaban J connectivity index is 1.16. The number of benzene rings is 1. The number of carbonyl (C=O) groups excluding carboxylic acids is 1. The highest BCUT2D eigenvalue weighted by molar-refractivity contribution is 5.74. The fourth-order valence-electron chi connectivity index (χ4n) is 4.73. The number of likely N-dealkylation sites (tertiary alicyclic amines) is 1. The predicted molar refractivity (Wildman–Crippen MR) is 125 cm³/mol. The zero-order valence-electron chi connectivity index (χ0n) is 18.5. The first kappa shape index (κ1) is 20.8. The van der Waals surface area contributed by atoms with Crippen molar-refractivity contribution in [1.29, 1.82) is 0 Å². The summed E-state index contributed by atoms with van der Waals surface area (Å²) in [6.07, 6.45) is 8.91. The van der Waals surface area contributed by atoms with Gasteiger partial charge in [-0.2, -0.15) is 0 Å². The van der Waals surface area contributed by atoms with Crippen molar-refractivity contribution in [2.75, 3.05) is 31.1 Å². The summed E-state index contributed by atoms with van der Waals surface area (Å²) >= 11 is 0. The molecule has 4 heterocycles. The van der Waals surface area contributed by atoms with Gasteiger partial charge in [0.2, 0.25) is 0 Å². The quantitative estimate of drug-likeness (QED) is 0.646. The lowest BCUT2D eigenvalue weighted by Gasteiger charge is -2.31. The lowest BCUT2D eigenvalue weighted by atomic mass is 9.98. The SMILES string of the molecule is O=C(NCc1ccc(N2CCCCCC2)nc1)N1CCCC(c2nc3ccccc3o2)C1. The van der Waals surface area contributed by atoms with E-state index in [1.54, 1.807) is 0 Å². The molecule has 2 aliphatic rings. The van der Waals surface area contributed by atoms with E-state index in [1.807, 2.05) is 35.4 Å². The van der Waals surface area contributed by atoms with E-state index in [2.05, 4.69) is 32.3 Å². The minimum atomic E-state index is -0.0394. The fraction of sp³-hybridized carbons (Fsp3) is 0.480. The van der Waals surface area contributed by atoms with Crippen molar-refractivity contribution in [2.24, 2.45) is 0 Å². The van der Waals surface area contributed by atoms with Crippen LogP contribution in [0.5, 0.6) is 0 Å². The molecule has 3 aromatic rings. The van der Waals surface area contributed by atoms with Gasteiger partial charge in [-0.15, -0.1) is 0 Å². The molecule has 2 saturated heterocycles. The van der Waals surface area contributed by atoms with Gasteiger partial charge in [-0.05, 0) is 49.4 Å². The van der Waals surface area contributed by atoms with E-state index >= 15 is 0 Å². The minimum Gasteiger partial charge on any atom is -0.440 e. The summed E-state index contributed by atoms with van der Waals surface area (Å²) in [4.78, 5) is 26.3. The van der Waals surface area contributed by atoms with Gasteiger partial charge in [-0.25, -0.2) is 14.8 Å². The standard InChI is InChI=1S/C25H31N5O2/c31-25(27-17-19-11-12-23(26-16-19)29-13-5-1-2-6-14-29)30-15-7-8-20(18-30)24-28-21-9-3-4-10-22(21)32-24/h3-4,9-12,16,20H,1-2,5-8,13-15,17-18H2,(H,27,31). The first-order chi connectivity index (χ1) is 15.8. The summed E-state index contributed by atoms with van der Waals surface area (Å²) in [5.41, 5.74) is 2.70. The molecule has 0 radical (unpaired) electrons. The Labute approximate surface area is 188 Å². The maximum atomic E-state index is 12.8. The van der Waals surface area contributed by atoms with Crippen molar-refractivity contribution in [2.45, 2.75) is 51.0 Å². The van der Waals surface area contributed by atoms with Gasteiger partial charge >= 0.3 is 6.03 Å². The monoisotopic (exact) mass is 433 g/mol. The van der Waals surface area contributed by atoms with Gasteiger partial charge in [0, 0.05) is 38.9 Å². The molecule has 5 rings (SSSR count). The number of rotatable bonds is 4. The van der Waals surface area contributed by atoms with E-state index in [4.69, 9.17) is 4.42 Å². The summed E-state index contributed by atoms with van der Waals surface area (Å²) in [7, 11) is 0. The number of aromatic nitrogens is 2. The van der Waals surface area contributed by atoms with Gasteiger partial charge < -0.3 is 19.5 Å². The highest BCUT2D eigenvalue weighted by Gasteiger charge is 2.28. The normalized spacial score (nSPS) is 19.7.